The average molecular weight is 638 g/mol. The lowest BCUT2D eigenvalue weighted by molar-refractivity contribution is 0.670. The molecule has 0 fully saturated rings. The second kappa shape index (κ2) is 11.5. The van der Waals surface area contributed by atoms with Gasteiger partial charge in [0, 0.05) is 33.1 Å². The normalized spacial score (nSPS) is 11.6. The van der Waals surface area contributed by atoms with Gasteiger partial charge in [0.25, 0.3) is 0 Å². The molecule has 1 heterocycles. The Labute approximate surface area is 290 Å². The summed E-state index contributed by atoms with van der Waals surface area (Å²) >= 11 is 0. The summed E-state index contributed by atoms with van der Waals surface area (Å²) in [5.74, 6) is 0. The monoisotopic (exact) mass is 637 g/mol. The van der Waals surface area contributed by atoms with E-state index < -0.39 is 0 Å². The van der Waals surface area contributed by atoms with Gasteiger partial charge in [-0.25, -0.2) is 0 Å². The molecule has 0 aliphatic heterocycles. The van der Waals surface area contributed by atoms with Crippen LogP contribution in [0, 0.1) is 0 Å². The first kappa shape index (κ1) is 28.4. The maximum atomic E-state index is 6.42. The van der Waals surface area contributed by atoms with Crippen molar-refractivity contribution in [2.45, 2.75) is 0 Å². The van der Waals surface area contributed by atoms with Crippen LogP contribution >= 0.6 is 0 Å². The van der Waals surface area contributed by atoms with Crippen molar-refractivity contribution >= 4 is 71.3 Å². The number of hydrogen-bond acceptors (Lipinski definition) is 2. The van der Waals surface area contributed by atoms with E-state index in [0.717, 1.165) is 50.1 Å². The van der Waals surface area contributed by atoms with Gasteiger partial charge in [0.15, 0.2) is 0 Å². The predicted molar refractivity (Wildman–Crippen MR) is 212 cm³/mol. The molecule has 2 nitrogen and oxygen atoms in total. The molecule has 0 spiro atoms. The van der Waals surface area contributed by atoms with Crippen LogP contribution in [0.4, 0.5) is 17.1 Å². The van der Waals surface area contributed by atoms with E-state index in [2.05, 4.69) is 181 Å². The fourth-order valence-electron chi connectivity index (χ4n) is 7.66. The lowest BCUT2D eigenvalue weighted by Gasteiger charge is -2.28. The summed E-state index contributed by atoms with van der Waals surface area (Å²) in [7, 11) is 0. The van der Waals surface area contributed by atoms with Gasteiger partial charge in [-0.15, -0.1) is 0 Å². The number of hydrogen-bond donors (Lipinski definition) is 0. The maximum absolute atomic E-state index is 6.42. The van der Waals surface area contributed by atoms with Crippen LogP contribution in [0.2, 0.25) is 0 Å². The molecule has 0 atom stereocenters. The Morgan fingerprint density at radius 2 is 0.960 bits per heavy atom. The molecule has 0 N–H and O–H groups in total. The van der Waals surface area contributed by atoms with Gasteiger partial charge in [-0.2, -0.15) is 0 Å². The molecule has 2 heteroatoms. The standard InChI is InChI=1S/C48H31NO/c1-2-11-32(12-3-1)33-21-26-37(27-22-33)49(45-31-36-14-5-6-15-39(36)43-30-25-34-13-4-7-16-40(34)47(43)45)38-28-23-35(24-29-38)41-18-10-19-44-42-17-8-9-20-46(42)50-48(41)44/h1-31H. The van der Waals surface area contributed by atoms with Crippen molar-refractivity contribution in [1.29, 1.82) is 0 Å². The number of nitrogens with zero attached hydrogens (tertiary/aromatic N) is 1. The molecule has 1 aromatic heterocycles. The third-order valence-electron chi connectivity index (χ3n) is 10.0. The SMILES string of the molecule is c1ccc(-c2ccc(N(c3ccc(-c4cccc5c4oc4ccccc45)cc3)c3cc4ccccc4c4ccc5ccccc5c34)cc2)cc1. The van der Waals surface area contributed by atoms with Crippen molar-refractivity contribution in [2.75, 3.05) is 4.90 Å². The van der Waals surface area contributed by atoms with Crippen LogP contribution in [0.1, 0.15) is 0 Å². The topological polar surface area (TPSA) is 16.4 Å². The van der Waals surface area contributed by atoms with Gasteiger partial charge in [-0.05, 0) is 80.0 Å². The minimum absolute atomic E-state index is 0.909. The van der Waals surface area contributed by atoms with Crippen LogP contribution in [0.15, 0.2) is 192 Å². The van der Waals surface area contributed by atoms with E-state index in [0.29, 0.717) is 0 Å². The maximum Gasteiger partial charge on any atom is 0.143 e. The largest absolute Gasteiger partial charge is 0.455 e. The fraction of sp³-hybridized carbons (Fsp3) is 0. The highest BCUT2D eigenvalue weighted by Crippen LogP contribution is 2.45. The molecule has 50 heavy (non-hydrogen) atoms. The van der Waals surface area contributed by atoms with Gasteiger partial charge >= 0.3 is 0 Å². The summed E-state index contributed by atoms with van der Waals surface area (Å²) in [6, 6.07) is 67.5. The van der Waals surface area contributed by atoms with Gasteiger partial charge in [0.1, 0.15) is 11.2 Å². The molecule has 0 saturated carbocycles. The second-order valence-corrected chi connectivity index (χ2v) is 12.9. The predicted octanol–water partition coefficient (Wildman–Crippen LogP) is 13.8. The molecule has 0 aliphatic rings. The van der Waals surface area contributed by atoms with Crippen molar-refractivity contribution in [1.82, 2.24) is 0 Å². The number of para-hydroxylation sites is 2. The number of benzene rings is 9. The second-order valence-electron chi connectivity index (χ2n) is 12.9. The van der Waals surface area contributed by atoms with Gasteiger partial charge in [0.05, 0.1) is 5.69 Å². The molecule has 0 unspecified atom stereocenters. The summed E-state index contributed by atoms with van der Waals surface area (Å²) in [6.07, 6.45) is 0. The van der Waals surface area contributed by atoms with Gasteiger partial charge in [-0.1, -0.05) is 152 Å². The Bertz CT molecular complexity index is 2850. The Morgan fingerprint density at radius 1 is 0.360 bits per heavy atom. The molecule has 234 valence electrons. The zero-order valence-corrected chi connectivity index (χ0v) is 27.3. The van der Waals surface area contributed by atoms with E-state index in [1.54, 1.807) is 0 Å². The van der Waals surface area contributed by atoms with Crippen LogP contribution < -0.4 is 4.90 Å². The van der Waals surface area contributed by atoms with Crippen molar-refractivity contribution in [2.24, 2.45) is 0 Å². The Kier molecular flexibility index (Phi) is 6.53. The van der Waals surface area contributed by atoms with E-state index in [4.69, 9.17) is 4.42 Å². The van der Waals surface area contributed by atoms with E-state index in [1.807, 2.05) is 12.1 Å². The minimum atomic E-state index is 0.909. The average Bonchev–Trinajstić information content (AvgIpc) is 3.58. The summed E-state index contributed by atoms with van der Waals surface area (Å²) in [5.41, 5.74) is 9.76. The number of fused-ring (bicyclic) bond motifs is 8. The van der Waals surface area contributed by atoms with Gasteiger partial charge in [0.2, 0.25) is 0 Å². The van der Waals surface area contributed by atoms with Crippen LogP contribution in [0.5, 0.6) is 0 Å². The third-order valence-corrected chi connectivity index (χ3v) is 10.0. The fourth-order valence-corrected chi connectivity index (χ4v) is 7.66. The summed E-state index contributed by atoms with van der Waals surface area (Å²) in [4.78, 5) is 2.42. The van der Waals surface area contributed by atoms with Crippen molar-refractivity contribution in [3.05, 3.63) is 188 Å². The van der Waals surface area contributed by atoms with E-state index >= 15 is 0 Å². The van der Waals surface area contributed by atoms with E-state index in [9.17, 15) is 0 Å². The van der Waals surface area contributed by atoms with Crippen LogP contribution in [0.25, 0.3) is 76.5 Å². The number of rotatable bonds is 5. The van der Waals surface area contributed by atoms with Crippen molar-refractivity contribution in [3.8, 4) is 22.3 Å². The summed E-state index contributed by atoms with van der Waals surface area (Å²) < 4.78 is 6.42. The van der Waals surface area contributed by atoms with E-state index in [-0.39, 0.29) is 0 Å². The molecule has 0 radical (unpaired) electrons. The first-order valence-electron chi connectivity index (χ1n) is 17.1. The molecule has 10 aromatic rings. The lowest BCUT2D eigenvalue weighted by Crippen LogP contribution is -2.11. The molecule has 9 aromatic carbocycles. The highest BCUT2D eigenvalue weighted by Gasteiger charge is 2.20. The highest BCUT2D eigenvalue weighted by atomic mass is 16.3. The van der Waals surface area contributed by atoms with Crippen LogP contribution in [0.3, 0.4) is 0 Å². The minimum Gasteiger partial charge on any atom is -0.455 e. The Balaban J connectivity index is 1.20. The lowest BCUT2D eigenvalue weighted by atomic mass is 9.94. The van der Waals surface area contributed by atoms with Gasteiger partial charge in [-0.3, -0.25) is 0 Å². The summed E-state index contributed by atoms with van der Waals surface area (Å²) in [6.45, 7) is 0. The zero-order chi connectivity index (χ0) is 33.0. The Morgan fingerprint density at radius 3 is 1.74 bits per heavy atom. The molecule has 0 saturated heterocycles. The zero-order valence-electron chi connectivity index (χ0n) is 27.3. The highest BCUT2D eigenvalue weighted by molar-refractivity contribution is 6.23. The van der Waals surface area contributed by atoms with Crippen LogP contribution in [-0.2, 0) is 0 Å². The molecule has 10 rings (SSSR count). The molecule has 0 aliphatic carbocycles. The van der Waals surface area contributed by atoms with Crippen molar-refractivity contribution in [3.63, 3.8) is 0 Å². The Hall–Kier alpha value is -6.64. The van der Waals surface area contributed by atoms with Crippen LogP contribution in [-0.4, -0.2) is 0 Å². The van der Waals surface area contributed by atoms with Crippen molar-refractivity contribution < 1.29 is 4.42 Å². The van der Waals surface area contributed by atoms with Gasteiger partial charge < -0.3 is 9.32 Å². The summed E-state index contributed by atoms with van der Waals surface area (Å²) in [5, 5.41) is 9.70. The number of anilines is 3. The van der Waals surface area contributed by atoms with E-state index in [1.165, 1.54) is 43.4 Å². The quantitative estimate of drug-likeness (QED) is 0.175. The first-order chi connectivity index (χ1) is 24.8. The third kappa shape index (κ3) is 4.57. The number of furan rings is 1. The first-order valence-corrected chi connectivity index (χ1v) is 17.1. The smallest absolute Gasteiger partial charge is 0.143 e. The molecule has 0 bridgehead atoms. The molecular formula is C48H31NO. The molecule has 0 amide bonds. The molecular weight excluding hydrogens is 607 g/mol.